The lowest BCUT2D eigenvalue weighted by Crippen LogP contribution is -2.51. The minimum Gasteiger partial charge on any atom is -0.373 e. The fourth-order valence-corrected chi connectivity index (χ4v) is 4.02. The Hall–Kier alpha value is -0.0800. The van der Waals surface area contributed by atoms with E-state index in [4.69, 9.17) is 4.74 Å². The third-order valence-corrected chi connectivity index (χ3v) is 5.23. The first-order valence-corrected chi connectivity index (χ1v) is 9.44. The van der Waals surface area contributed by atoms with Crippen LogP contribution in [0.25, 0.3) is 0 Å². The summed E-state index contributed by atoms with van der Waals surface area (Å²) in [6.45, 7) is 12.2. The number of hydrogen-bond acceptors (Lipinski definition) is 3. The summed E-state index contributed by atoms with van der Waals surface area (Å²) in [6.07, 6.45) is 5.61. The number of halogens is 1. The van der Waals surface area contributed by atoms with Crippen LogP contribution in [0.5, 0.6) is 0 Å². The normalized spacial score (nSPS) is 27.5. The van der Waals surface area contributed by atoms with Crippen molar-refractivity contribution in [3.05, 3.63) is 0 Å². The summed E-state index contributed by atoms with van der Waals surface area (Å²) in [5.74, 6) is 1.63. The molecule has 0 aromatic carbocycles. The van der Waals surface area contributed by atoms with Gasteiger partial charge in [-0.1, -0.05) is 27.7 Å². The lowest BCUT2D eigenvalue weighted by molar-refractivity contribution is 0.0992. The van der Waals surface area contributed by atoms with Gasteiger partial charge in [0.25, 0.3) is 0 Å². The standard InChI is InChI=1S/C18H36N4O.HI/c1-6-22(7-2)14(10-13(3)4)12-20-18(19-5)21-16-11-15-8-9-17(16)23-15;/h13-17H,6-12H2,1-5H3,(H2,19,20,21);1H. The third-order valence-electron chi connectivity index (χ3n) is 5.23. The molecule has 2 heterocycles. The van der Waals surface area contributed by atoms with Gasteiger partial charge in [-0.15, -0.1) is 24.0 Å². The topological polar surface area (TPSA) is 48.9 Å². The molecule has 2 rings (SSSR count). The second kappa shape index (κ2) is 10.8. The van der Waals surface area contributed by atoms with E-state index in [0.717, 1.165) is 32.0 Å². The second-order valence-electron chi connectivity index (χ2n) is 7.32. The Balaban J connectivity index is 0.00000288. The highest BCUT2D eigenvalue weighted by atomic mass is 127. The fraction of sp³-hybridized carbons (Fsp3) is 0.944. The maximum Gasteiger partial charge on any atom is 0.191 e. The molecule has 4 unspecified atom stereocenters. The van der Waals surface area contributed by atoms with Crippen LogP contribution in [0.1, 0.15) is 53.4 Å². The van der Waals surface area contributed by atoms with Gasteiger partial charge in [0, 0.05) is 19.6 Å². The van der Waals surface area contributed by atoms with Crippen LogP contribution in [-0.2, 0) is 4.74 Å². The molecule has 6 heteroatoms. The van der Waals surface area contributed by atoms with Gasteiger partial charge >= 0.3 is 0 Å². The Bertz CT molecular complexity index is 387. The van der Waals surface area contributed by atoms with E-state index in [0.29, 0.717) is 30.2 Å². The zero-order valence-corrected chi connectivity index (χ0v) is 18.4. The molecule has 0 saturated carbocycles. The highest BCUT2D eigenvalue weighted by Gasteiger charge is 2.41. The average Bonchev–Trinajstić information content (AvgIpc) is 3.14. The van der Waals surface area contributed by atoms with Gasteiger partial charge in [-0.25, -0.2) is 0 Å². The third kappa shape index (κ3) is 6.02. The smallest absolute Gasteiger partial charge is 0.191 e. The summed E-state index contributed by atoms with van der Waals surface area (Å²) < 4.78 is 5.93. The van der Waals surface area contributed by atoms with Gasteiger partial charge in [-0.2, -0.15) is 0 Å². The van der Waals surface area contributed by atoms with Crippen molar-refractivity contribution in [1.29, 1.82) is 0 Å². The number of ether oxygens (including phenoxy) is 1. The van der Waals surface area contributed by atoms with Crippen molar-refractivity contribution in [3.8, 4) is 0 Å². The van der Waals surface area contributed by atoms with Crippen LogP contribution in [0, 0.1) is 5.92 Å². The maximum atomic E-state index is 5.93. The molecule has 2 aliphatic rings. The van der Waals surface area contributed by atoms with E-state index in [2.05, 4.69) is 48.2 Å². The number of guanidine groups is 1. The van der Waals surface area contributed by atoms with Crippen molar-refractivity contribution in [2.24, 2.45) is 10.9 Å². The van der Waals surface area contributed by atoms with Crippen LogP contribution in [0.15, 0.2) is 4.99 Å². The zero-order chi connectivity index (χ0) is 16.8. The molecule has 24 heavy (non-hydrogen) atoms. The van der Waals surface area contributed by atoms with Crippen LogP contribution < -0.4 is 10.6 Å². The van der Waals surface area contributed by atoms with Crippen molar-refractivity contribution in [2.45, 2.75) is 77.7 Å². The van der Waals surface area contributed by atoms with Crippen molar-refractivity contribution in [2.75, 3.05) is 26.7 Å². The first-order chi connectivity index (χ1) is 11.1. The van der Waals surface area contributed by atoms with Gasteiger partial charge in [-0.3, -0.25) is 9.89 Å². The lowest BCUT2D eigenvalue weighted by atomic mass is 9.96. The Kier molecular flexibility index (Phi) is 9.89. The monoisotopic (exact) mass is 452 g/mol. The molecular weight excluding hydrogens is 415 g/mol. The van der Waals surface area contributed by atoms with Gasteiger partial charge in [0.1, 0.15) is 0 Å². The summed E-state index contributed by atoms with van der Waals surface area (Å²) in [7, 11) is 1.86. The number of likely N-dealkylation sites (N-methyl/N-ethyl adjacent to an activating group) is 1. The molecule has 0 radical (unpaired) electrons. The highest BCUT2D eigenvalue weighted by molar-refractivity contribution is 14.0. The van der Waals surface area contributed by atoms with Crippen molar-refractivity contribution < 1.29 is 4.74 Å². The van der Waals surface area contributed by atoms with Crippen LogP contribution in [0.2, 0.25) is 0 Å². The van der Waals surface area contributed by atoms with Crippen LogP contribution >= 0.6 is 24.0 Å². The summed E-state index contributed by atoms with van der Waals surface area (Å²) in [5, 5.41) is 7.13. The minimum atomic E-state index is 0. The highest BCUT2D eigenvalue weighted by Crippen LogP contribution is 2.34. The number of fused-ring (bicyclic) bond motifs is 2. The van der Waals surface area contributed by atoms with Crippen LogP contribution in [0.4, 0.5) is 0 Å². The molecule has 0 aromatic rings. The van der Waals surface area contributed by atoms with Crippen molar-refractivity contribution >= 4 is 29.9 Å². The molecular formula is C18H37IN4O. The quantitative estimate of drug-likeness (QED) is 0.338. The summed E-state index contributed by atoms with van der Waals surface area (Å²) in [5.41, 5.74) is 0. The summed E-state index contributed by atoms with van der Waals surface area (Å²) in [4.78, 5) is 6.96. The number of nitrogens with zero attached hydrogens (tertiary/aromatic N) is 2. The maximum absolute atomic E-state index is 5.93. The van der Waals surface area contributed by atoms with Crippen LogP contribution in [-0.4, -0.2) is 61.8 Å². The molecule has 4 atom stereocenters. The molecule has 0 aromatic heterocycles. The number of rotatable bonds is 8. The summed E-state index contributed by atoms with van der Waals surface area (Å²) in [6, 6.07) is 0.983. The molecule has 2 N–H and O–H groups in total. The van der Waals surface area contributed by atoms with Gasteiger partial charge in [0.2, 0.25) is 0 Å². The first kappa shape index (κ1) is 22.0. The molecule has 142 valence electrons. The molecule has 2 bridgehead atoms. The van der Waals surface area contributed by atoms with Crippen LogP contribution in [0.3, 0.4) is 0 Å². The number of hydrogen-bond donors (Lipinski definition) is 2. The Morgan fingerprint density at radius 3 is 2.42 bits per heavy atom. The van der Waals surface area contributed by atoms with E-state index in [1.807, 2.05) is 7.05 Å². The number of nitrogens with one attached hydrogen (secondary N) is 2. The average molecular weight is 452 g/mol. The van der Waals surface area contributed by atoms with Gasteiger partial charge in [0.15, 0.2) is 5.96 Å². The SMILES string of the molecule is CCN(CC)C(CNC(=NC)NC1CC2CCC1O2)CC(C)C.I. The molecule has 2 saturated heterocycles. The minimum absolute atomic E-state index is 0. The number of aliphatic imine (C=N–C) groups is 1. The van der Waals surface area contributed by atoms with Gasteiger partial charge in [-0.05, 0) is 44.7 Å². The first-order valence-electron chi connectivity index (χ1n) is 9.44. The molecule has 2 fully saturated rings. The Morgan fingerprint density at radius 1 is 1.25 bits per heavy atom. The van der Waals surface area contributed by atoms with E-state index in [1.165, 1.54) is 19.3 Å². The predicted octanol–water partition coefficient (Wildman–Crippen LogP) is 2.85. The summed E-state index contributed by atoms with van der Waals surface area (Å²) >= 11 is 0. The molecule has 0 aliphatic carbocycles. The predicted molar refractivity (Wildman–Crippen MR) is 112 cm³/mol. The van der Waals surface area contributed by atoms with E-state index in [9.17, 15) is 0 Å². The van der Waals surface area contributed by atoms with Gasteiger partial charge < -0.3 is 15.4 Å². The van der Waals surface area contributed by atoms with E-state index < -0.39 is 0 Å². The molecule has 0 amide bonds. The molecule has 5 nitrogen and oxygen atoms in total. The second-order valence-corrected chi connectivity index (χ2v) is 7.32. The van der Waals surface area contributed by atoms with Gasteiger partial charge in [0.05, 0.1) is 18.2 Å². The largest absolute Gasteiger partial charge is 0.373 e. The Labute approximate surface area is 165 Å². The van der Waals surface area contributed by atoms with Crippen molar-refractivity contribution in [1.82, 2.24) is 15.5 Å². The van der Waals surface area contributed by atoms with E-state index in [-0.39, 0.29) is 24.0 Å². The Morgan fingerprint density at radius 2 is 1.96 bits per heavy atom. The zero-order valence-electron chi connectivity index (χ0n) is 16.0. The van der Waals surface area contributed by atoms with E-state index in [1.54, 1.807) is 0 Å². The fourth-order valence-electron chi connectivity index (χ4n) is 4.02. The lowest BCUT2D eigenvalue weighted by Gasteiger charge is -2.32. The molecule has 0 spiro atoms. The molecule has 2 aliphatic heterocycles. The van der Waals surface area contributed by atoms with E-state index >= 15 is 0 Å². The van der Waals surface area contributed by atoms with Crippen molar-refractivity contribution in [3.63, 3.8) is 0 Å².